The SMILES string of the molecule is CCN(C1CCN(CCN)CC1)S(C)(=O)=O. The lowest BCUT2D eigenvalue weighted by Gasteiger charge is -2.36. The van der Waals surface area contributed by atoms with Crippen molar-refractivity contribution in [3.05, 3.63) is 0 Å². The summed E-state index contributed by atoms with van der Waals surface area (Å²) in [6, 6.07) is 0.175. The molecular weight excluding hydrogens is 226 g/mol. The Kier molecular flexibility index (Phi) is 5.17. The van der Waals surface area contributed by atoms with Crippen molar-refractivity contribution in [2.45, 2.75) is 25.8 Å². The first-order valence-electron chi connectivity index (χ1n) is 5.88. The Morgan fingerprint density at radius 2 is 1.94 bits per heavy atom. The average Bonchev–Trinajstić information content (AvgIpc) is 2.20. The van der Waals surface area contributed by atoms with Gasteiger partial charge < -0.3 is 10.6 Å². The highest BCUT2D eigenvalue weighted by Crippen LogP contribution is 2.18. The lowest BCUT2D eigenvalue weighted by atomic mass is 10.1. The first-order chi connectivity index (χ1) is 7.49. The second kappa shape index (κ2) is 5.95. The maximum atomic E-state index is 11.6. The second-order valence-corrected chi connectivity index (χ2v) is 6.26. The van der Waals surface area contributed by atoms with Crippen molar-refractivity contribution in [1.82, 2.24) is 9.21 Å². The standard InChI is InChI=1S/C10H23N3O2S/c1-3-13(16(2,14)15)10-4-7-12(8-5-10)9-6-11/h10H,3-9,11H2,1-2H3. The van der Waals surface area contributed by atoms with Crippen LogP contribution in [0.3, 0.4) is 0 Å². The maximum absolute atomic E-state index is 11.6. The number of hydrogen-bond acceptors (Lipinski definition) is 4. The van der Waals surface area contributed by atoms with Gasteiger partial charge in [0.2, 0.25) is 10.0 Å². The number of nitrogens with two attached hydrogens (primary N) is 1. The number of piperidine rings is 1. The molecule has 0 aromatic rings. The van der Waals surface area contributed by atoms with Gasteiger partial charge >= 0.3 is 0 Å². The van der Waals surface area contributed by atoms with Crippen molar-refractivity contribution in [3.8, 4) is 0 Å². The van der Waals surface area contributed by atoms with E-state index < -0.39 is 10.0 Å². The molecule has 0 spiro atoms. The minimum Gasteiger partial charge on any atom is -0.329 e. The molecule has 0 aliphatic carbocycles. The molecular formula is C10H23N3O2S. The van der Waals surface area contributed by atoms with Gasteiger partial charge in [-0.15, -0.1) is 0 Å². The second-order valence-electron chi connectivity index (χ2n) is 4.33. The number of rotatable bonds is 5. The molecule has 1 rings (SSSR count). The van der Waals surface area contributed by atoms with Crippen LogP contribution in [0.25, 0.3) is 0 Å². The fourth-order valence-corrected chi connectivity index (χ4v) is 3.60. The first-order valence-corrected chi connectivity index (χ1v) is 7.73. The molecule has 1 saturated heterocycles. The van der Waals surface area contributed by atoms with Gasteiger partial charge in [0.05, 0.1) is 6.26 Å². The van der Waals surface area contributed by atoms with Gasteiger partial charge in [0.1, 0.15) is 0 Å². The van der Waals surface area contributed by atoms with Crippen LogP contribution in [0, 0.1) is 0 Å². The third-order valence-electron chi connectivity index (χ3n) is 3.15. The molecule has 1 heterocycles. The van der Waals surface area contributed by atoms with Crippen LogP contribution in [0.2, 0.25) is 0 Å². The summed E-state index contributed by atoms with van der Waals surface area (Å²) in [4.78, 5) is 2.30. The maximum Gasteiger partial charge on any atom is 0.211 e. The molecule has 1 aliphatic rings. The van der Waals surface area contributed by atoms with Crippen LogP contribution in [-0.2, 0) is 10.0 Å². The zero-order valence-electron chi connectivity index (χ0n) is 10.2. The molecule has 0 atom stereocenters. The van der Waals surface area contributed by atoms with Gasteiger partial charge in [-0.05, 0) is 25.9 Å². The molecule has 6 heteroatoms. The van der Waals surface area contributed by atoms with Crippen molar-refractivity contribution >= 4 is 10.0 Å². The van der Waals surface area contributed by atoms with Gasteiger partial charge in [-0.3, -0.25) is 0 Å². The van der Waals surface area contributed by atoms with E-state index in [1.54, 1.807) is 4.31 Å². The van der Waals surface area contributed by atoms with E-state index in [1.807, 2.05) is 6.92 Å². The Morgan fingerprint density at radius 1 is 1.38 bits per heavy atom. The molecule has 0 radical (unpaired) electrons. The molecule has 0 amide bonds. The molecule has 0 aromatic carbocycles. The third-order valence-corrected chi connectivity index (χ3v) is 4.56. The van der Waals surface area contributed by atoms with Gasteiger partial charge in [0.15, 0.2) is 0 Å². The molecule has 1 aliphatic heterocycles. The Bertz CT molecular complexity index is 297. The predicted octanol–water partition coefficient (Wildman–Crippen LogP) is -0.309. The van der Waals surface area contributed by atoms with Gasteiger partial charge in [-0.25, -0.2) is 8.42 Å². The Hall–Kier alpha value is -0.170. The zero-order chi connectivity index (χ0) is 12.2. The first kappa shape index (κ1) is 13.9. The molecule has 0 bridgehead atoms. The smallest absolute Gasteiger partial charge is 0.211 e. The monoisotopic (exact) mass is 249 g/mol. The zero-order valence-corrected chi connectivity index (χ0v) is 11.0. The highest BCUT2D eigenvalue weighted by molar-refractivity contribution is 7.88. The Morgan fingerprint density at radius 3 is 2.31 bits per heavy atom. The van der Waals surface area contributed by atoms with Crippen molar-refractivity contribution in [3.63, 3.8) is 0 Å². The van der Waals surface area contributed by atoms with Crippen molar-refractivity contribution in [2.24, 2.45) is 5.73 Å². The summed E-state index contributed by atoms with van der Waals surface area (Å²) in [6.45, 7) is 5.96. The summed E-state index contributed by atoms with van der Waals surface area (Å²) >= 11 is 0. The predicted molar refractivity (Wildman–Crippen MR) is 65.7 cm³/mol. The topological polar surface area (TPSA) is 66.6 Å². The molecule has 96 valence electrons. The van der Waals surface area contributed by atoms with Gasteiger partial charge in [-0.2, -0.15) is 4.31 Å². The number of sulfonamides is 1. The molecule has 0 unspecified atom stereocenters. The third kappa shape index (κ3) is 3.69. The van der Waals surface area contributed by atoms with Crippen LogP contribution in [-0.4, -0.2) is 62.6 Å². The molecule has 16 heavy (non-hydrogen) atoms. The van der Waals surface area contributed by atoms with Crippen LogP contribution >= 0.6 is 0 Å². The van der Waals surface area contributed by atoms with E-state index >= 15 is 0 Å². The van der Waals surface area contributed by atoms with E-state index in [1.165, 1.54) is 6.26 Å². The van der Waals surface area contributed by atoms with E-state index in [-0.39, 0.29) is 6.04 Å². The van der Waals surface area contributed by atoms with E-state index in [4.69, 9.17) is 5.73 Å². The normalized spacial score (nSPS) is 20.5. The van der Waals surface area contributed by atoms with Crippen LogP contribution in [0.4, 0.5) is 0 Å². The largest absolute Gasteiger partial charge is 0.329 e. The van der Waals surface area contributed by atoms with Crippen molar-refractivity contribution < 1.29 is 8.42 Å². The summed E-state index contributed by atoms with van der Waals surface area (Å²) in [6.07, 6.45) is 3.13. The quantitative estimate of drug-likeness (QED) is 0.726. The minimum atomic E-state index is -3.05. The molecule has 0 saturated carbocycles. The molecule has 1 fully saturated rings. The Labute approximate surface area is 98.6 Å². The van der Waals surface area contributed by atoms with E-state index in [9.17, 15) is 8.42 Å². The molecule has 2 N–H and O–H groups in total. The van der Waals surface area contributed by atoms with Crippen molar-refractivity contribution in [1.29, 1.82) is 0 Å². The lowest BCUT2D eigenvalue weighted by molar-refractivity contribution is 0.165. The van der Waals surface area contributed by atoms with Crippen LogP contribution in [0.1, 0.15) is 19.8 Å². The number of nitrogens with zero attached hydrogens (tertiary/aromatic N) is 2. The van der Waals surface area contributed by atoms with Crippen LogP contribution in [0.15, 0.2) is 0 Å². The lowest BCUT2D eigenvalue weighted by Crippen LogP contribution is -2.47. The van der Waals surface area contributed by atoms with E-state index in [0.29, 0.717) is 13.1 Å². The summed E-state index contributed by atoms with van der Waals surface area (Å²) in [7, 11) is -3.05. The average molecular weight is 249 g/mol. The fraction of sp³-hybridized carbons (Fsp3) is 1.00. The summed E-state index contributed by atoms with van der Waals surface area (Å²) in [5.41, 5.74) is 5.50. The minimum absolute atomic E-state index is 0.175. The van der Waals surface area contributed by atoms with E-state index in [0.717, 1.165) is 32.5 Å². The van der Waals surface area contributed by atoms with Crippen LogP contribution in [0.5, 0.6) is 0 Å². The van der Waals surface area contributed by atoms with Crippen molar-refractivity contribution in [2.75, 3.05) is 39.0 Å². The number of likely N-dealkylation sites (tertiary alicyclic amines) is 1. The highest BCUT2D eigenvalue weighted by atomic mass is 32.2. The van der Waals surface area contributed by atoms with Gasteiger partial charge in [0.25, 0.3) is 0 Å². The Balaban J connectivity index is 2.52. The summed E-state index contributed by atoms with van der Waals surface area (Å²) in [5, 5.41) is 0. The summed E-state index contributed by atoms with van der Waals surface area (Å²) < 4.78 is 24.7. The van der Waals surface area contributed by atoms with Crippen LogP contribution < -0.4 is 5.73 Å². The highest BCUT2D eigenvalue weighted by Gasteiger charge is 2.28. The van der Waals surface area contributed by atoms with Gasteiger partial charge in [-0.1, -0.05) is 6.92 Å². The molecule has 5 nitrogen and oxygen atoms in total. The van der Waals surface area contributed by atoms with Gasteiger partial charge in [0, 0.05) is 25.7 Å². The molecule has 0 aromatic heterocycles. The van der Waals surface area contributed by atoms with E-state index in [2.05, 4.69) is 4.90 Å². The number of hydrogen-bond donors (Lipinski definition) is 1. The fourth-order valence-electron chi connectivity index (χ4n) is 2.38. The summed E-state index contributed by atoms with van der Waals surface area (Å²) in [5.74, 6) is 0.